The molecule has 0 aliphatic carbocycles. The predicted octanol–water partition coefficient (Wildman–Crippen LogP) is 6.63. The molecule has 2 heterocycles. The highest BCUT2D eigenvalue weighted by molar-refractivity contribution is 8.06. The van der Waals surface area contributed by atoms with Crippen LogP contribution in [0.25, 0.3) is 11.3 Å². The fourth-order valence-corrected chi connectivity index (χ4v) is 4.64. The molecule has 0 atom stereocenters. The van der Waals surface area contributed by atoms with Gasteiger partial charge in [0.05, 0.1) is 22.4 Å². The van der Waals surface area contributed by atoms with E-state index in [4.69, 9.17) is 16.9 Å². The monoisotopic (exact) mass is 376 g/mol. The van der Waals surface area contributed by atoms with Crippen LogP contribution in [0.3, 0.4) is 0 Å². The summed E-state index contributed by atoms with van der Waals surface area (Å²) < 4.78 is 0. The lowest BCUT2D eigenvalue weighted by Crippen LogP contribution is -2.12. The van der Waals surface area contributed by atoms with Crippen LogP contribution >= 0.6 is 23.4 Å². The van der Waals surface area contributed by atoms with E-state index in [2.05, 4.69) is 35.6 Å². The summed E-state index contributed by atoms with van der Waals surface area (Å²) in [6, 6.07) is 18.1. The minimum atomic E-state index is 0.680. The number of hydrogen-bond donors (Lipinski definition) is 0. The number of thioether (sulfide) groups is 1. The molecule has 0 unspecified atom stereocenters. The van der Waals surface area contributed by atoms with Crippen LogP contribution in [0.15, 0.2) is 70.7 Å². The molecule has 128 valence electrons. The SMILES string of the molecule is CC1=C(c2ccc(C#N)cc2)N2C=CSC2=C(c2ccccc2Cl)CC1. The van der Waals surface area contributed by atoms with E-state index in [-0.39, 0.29) is 0 Å². The normalized spacial score (nSPS) is 16.6. The van der Waals surface area contributed by atoms with Gasteiger partial charge in [0.2, 0.25) is 0 Å². The first-order chi connectivity index (χ1) is 12.7. The number of rotatable bonds is 2. The largest absolute Gasteiger partial charge is 0.310 e. The smallest absolute Gasteiger partial charge is 0.0991 e. The summed E-state index contributed by atoms with van der Waals surface area (Å²) in [7, 11) is 0. The van der Waals surface area contributed by atoms with E-state index in [9.17, 15) is 0 Å². The highest BCUT2D eigenvalue weighted by Gasteiger charge is 2.27. The maximum Gasteiger partial charge on any atom is 0.0991 e. The minimum Gasteiger partial charge on any atom is -0.310 e. The fraction of sp³-hybridized carbons (Fsp3) is 0.136. The summed E-state index contributed by atoms with van der Waals surface area (Å²) in [5.74, 6) is 0. The number of nitrogens with zero attached hydrogens (tertiary/aromatic N) is 2. The molecule has 0 saturated carbocycles. The highest BCUT2D eigenvalue weighted by Crippen LogP contribution is 2.47. The van der Waals surface area contributed by atoms with Crippen molar-refractivity contribution in [1.82, 2.24) is 4.90 Å². The number of allylic oxidation sites excluding steroid dienone is 2. The quantitative estimate of drug-likeness (QED) is 0.588. The van der Waals surface area contributed by atoms with Crippen molar-refractivity contribution in [2.45, 2.75) is 19.8 Å². The molecule has 2 aromatic rings. The van der Waals surface area contributed by atoms with Crippen LogP contribution in [0.2, 0.25) is 5.02 Å². The van der Waals surface area contributed by atoms with Crippen LogP contribution in [0.4, 0.5) is 0 Å². The first kappa shape index (κ1) is 17.0. The van der Waals surface area contributed by atoms with E-state index < -0.39 is 0 Å². The molecule has 0 aromatic heterocycles. The van der Waals surface area contributed by atoms with Crippen LogP contribution in [0.1, 0.15) is 36.5 Å². The Labute approximate surface area is 163 Å². The van der Waals surface area contributed by atoms with Crippen LogP contribution in [0, 0.1) is 11.3 Å². The van der Waals surface area contributed by atoms with Gasteiger partial charge < -0.3 is 4.90 Å². The van der Waals surface area contributed by atoms with Gasteiger partial charge in [-0.05, 0) is 65.6 Å². The van der Waals surface area contributed by atoms with Crippen molar-refractivity contribution in [3.8, 4) is 6.07 Å². The van der Waals surface area contributed by atoms with Gasteiger partial charge in [-0.25, -0.2) is 0 Å². The molecule has 0 amide bonds. The van der Waals surface area contributed by atoms with E-state index in [0.29, 0.717) is 5.56 Å². The number of fused-ring (bicyclic) bond motifs is 1. The maximum absolute atomic E-state index is 9.07. The molecule has 0 radical (unpaired) electrons. The van der Waals surface area contributed by atoms with E-state index in [0.717, 1.165) is 29.0 Å². The minimum absolute atomic E-state index is 0.680. The van der Waals surface area contributed by atoms with E-state index in [1.54, 1.807) is 11.8 Å². The molecule has 0 saturated heterocycles. The van der Waals surface area contributed by atoms with Crippen LogP contribution in [-0.4, -0.2) is 4.90 Å². The molecule has 0 spiro atoms. The average Bonchev–Trinajstić information content (AvgIpc) is 3.08. The van der Waals surface area contributed by atoms with Crippen LogP contribution in [-0.2, 0) is 0 Å². The zero-order valence-electron chi connectivity index (χ0n) is 14.4. The summed E-state index contributed by atoms with van der Waals surface area (Å²) in [6.07, 6.45) is 4.05. The Kier molecular flexibility index (Phi) is 4.63. The Balaban J connectivity index is 1.83. The van der Waals surface area contributed by atoms with Gasteiger partial charge in [0, 0.05) is 11.2 Å². The van der Waals surface area contributed by atoms with Crippen molar-refractivity contribution in [1.29, 1.82) is 5.26 Å². The molecule has 2 aromatic carbocycles. The zero-order chi connectivity index (χ0) is 18.1. The van der Waals surface area contributed by atoms with E-state index in [1.807, 2.05) is 42.5 Å². The molecular formula is C22H17ClN2S. The molecule has 0 bridgehead atoms. The third-order valence-corrected chi connectivity index (χ3v) is 6.00. The Hall–Kier alpha value is -2.41. The molecular weight excluding hydrogens is 360 g/mol. The summed E-state index contributed by atoms with van der Waals surface area (Å²) in [5.41, 5.74) is 6.74. The molecule has 4 heteroatoms. The number of halogens is 1. The number of hydrogen-bond acceptors (Lipinski definition) is 3. The van der Waals surface area contributed by atoms with Gasteiger partial charge in [0.25, 0.3) is 0 Å². The van der Waals surface area contributed by atoms with E-state index in [1.165, 1.54) is 21.9 Å². The molecule has 26 heavy (non-hydrogen) atoms. The van der Waals surface area contributed by atoms with Crippen molar-refractivity contribution < 1.29 is 0 Å². The van der Waals surface area contributed by atoms with Crippen LogP contribution in [0.5, 0.6) is 0 Å². The summed E-state index contributed by atoms with van der Waals surface area (Å²) in [5, 5.41) is 13.2. The molecule has 2 aliphatic rings. The summed E-state index contributed by atoms with van der Waals surface area (Å²) in [4.78, 5) is 2.27. The van der Waals surface area contributed by atoms with Crippen LogP contribution < -0.4 is 0 Å². The Morgan fingerprint density at radius 1 is 1.08 bits per heavy atom. The molecule has 0 N–H and O–H groups in total. The Morgan fingerprint density at radius 2 is 1.85 bits per heavy atom. The Morgan fingerprint density at radius 3 is 2.58 bits per heavy atom. The fourth-order valence-electron chi connectivity index (χ4n) is 3.46. The lowest BCUT2D eigenvalue weighted by atomic mass is 9.99. The van der Waals surface area contributed by atoms with Crippen molar-refractivity contribution >= 4 is 34.6 Å². The summed E-state index contributed by atoms with van der Waals surface area (Å²) >= 11 is 8.24. The molecule has 2 aliphatic heterocycles. The average molecular weight is 377 g/mol. The van der Waals surface area contributed by atoms with Crippen molar-refractivity contribution in [3.63, 3.8) is 0 Å². The third kappa shape index (κ3) is 2.96. The highest BCUT2D eigenvalue weighted by atomic mass is 35.5. The van der Waals surface area contributed by atoms with Gasteiger partial charge in [0.15, 0.2) is 0 Å². The standard InChI is InChI=1S/C22H17ClN2S/c1-15-6-11-19(18-4-2-3-5-20(18)23)22-25(12-13-26-22)21(15)17-9-7-16(14-24)8-10-17/h2-5,7-10,12-13H,6,11H2,1H3. The topological polar surface area (TPSA) is 27.0 Å². The van der Waals surface area contributed by atoms with Crippen molar-refractivity contribution in [3.05, 3.63) is 92.5 Å². The van der Waals surface area contributed by atoms with Gasteiger partial charge in [-0.15, -0.1) is 0 Å². The maximum atomic E-state index is 9.07. The molecule has 0 fully saturated rings. The second kappa shape index (κ2) is 7.07. The van der Waals surface area contributed by atoms with Gasteiger partial charge in [-0.1, -0.05) is 53.7 Å². The first-order valence-electron chi connectivity index (χ1n) is 8.50. The van der Waals surface area contributed by atoms with Crippen molar-refractivity contribution in [2.24, 2.45) is 0 Å². The number of benzene rings is 2. The third-order valence-electron chi connectivity index (χ3n) is 4.75. The van der Waals surface area contributed by atoms with Crippen molar-refractivity contribution in [2.75, 3.05) is 0 Å². The first-order valence-corrected chi connectivity index (χ1v) is 9.75. The van der Waals surface area contributed by atoms with E-state index >= 15 is 0 Å². The van der Waals surface area contributed by atoms with Gasteiger partial charge in [0.1, 0.15) is 0 Å². The molecule has 2 nitrogen and oxygen atoms in total. The Bertz CT molecular complexity index is 994. The lowest BCUT2D eigenvalue weighted by molar-refractivity contribution is 0.715. The second-order valence-corrected chi connectivity index (χ2v) is 7.66. The van der Waals surface area contributed by atoms with Gasteiger partial charge >= 0.3 is 0 Å². The second-order valence-electron chi connectivity index (χ2n) is 6.35. The van der Waals surface area contributed by atoms with Gasteiger partial charge in [-0.2, -0.15) is 5.26 Å². The zero-order valence-corrected chi connectivity index (χ0v) is 15.9. The predicted molar refractivity (Wildman–Crippen MR) is 110 cm³/mol. The number of nitriles is 1. The summed E-state index contributed by atoms with van der Waals surface area (Å²) in [6.45, 7) is 2.19. The molecule has 4 rings (SSSR count). The lowest BCUT2D eigenvalue weighted by Gasteiger charge is -2.24. The van der Waals surface area contributed by atoms with Gasteiger partial charge in [-0.3, -0.25) is 0 Å².